The lowest BCUT2D eigenvalue weighted by molar-refractivity contribution is 0.0716. The SMILES string of the molecule is CC1CSCCN1C(=O)c1cccc(F)c1NN. The number of nitrogen functional groups attached to an aromatic ring is 1. The van der Waals surface area contributed by atoms with E-state index in [1.165, 1.54) is 12.1 Å². The zero-order valence-electron chi connectivity index (χ0n) is 10.1. The molecule has 1 aromatic carbocycles. The minimum absolute atomic E-state index is 0.0629. The number of hydrogen-bond acceptors (Lipinski definition) is 4. The van der Waals surface area contributed by atoms with Gasteiger partial charge in [0.25, 0.3) is 5.91 Å². The first kappa shape index (κ1) is 13.2. The summed E-state index contributed by atoms with van der Waals surface area (Å²) in [7, 11) is 0. The molecule has 1 atom stereocenters. The molecule has 98 valence electrons. The van der Waals surface area contributed by atoms with Crippen LogP contribution in [-0.2, 0) is 0 Å². The Balaban J connectivity index is 2.30. The third-order valence-corrected chi connectivity index (χ3v) is 4.21. The van der Waals surface area contributed by atoms with E-state index in [4.69, 9.17) is 5.84 Å². The second-order valence-electron chi connectivity index (χ2n) is 4.23. The number of para-hydroxylation sites is 1. The van der Waals surface area contributed by atoms with E-state index in [9.17, 15) is 9.18 Å². The lowest BCUT2D eigenvalue weighted by Crippen LogP contribution is -2.44. The van der Waals surface area contributed by atoms with E-state index < -0.39 is 5.82 Å². The summed E-state index contributed by atoms with van der Waals surface area (Å²) in [5.41, 5.74) is 2.62. The third kappa shape index (κ3) is 2.44. The third-order valence-electron chi connectivity index (χ3n) is 3.02. The standard InChI is InChI=1S/C12H16FN3OS/c1-8-7-18-6-5-16(8)12(17)9-3-2-4-10(13)11(9)15-14/h2-4,8,15H,5-7,14H2,1H3. The normalized spacial score (nSPS) is 19.7. The summed E-state index contributed by atoms with van der Waals surface area (Å²) in [6, 6.07) is 4.55. The first-order valence-electron chi connectivity index (χ1n) is 5.79. The molecule has 4 nitrogen and oxygen atoms in total. The highest BCUT2D eigenvalue weighted by molar-refractivity contribution is 7.99. The van der Waals surface area contributed by atoms with E-state index in [-0.39, 0.29) is 23.2 Å². The molecule has 1 amide bonds. The van der Waals surface area contributed by atoms with E-state index in [0.29, 0.717) is 6.54 Å². The minimum Gasteiger partial charge on any atom is -0.334 e. The second kappa shape index (κ2) is 5.58. The van der Waals surface area contributed by atoms with Gasteiger partial charge in [0, 0.05) is 24.1 Å². The van der Waals surface area contributed by atoms with Gasteiger partial charge < -0.3 is 10.3 Å². The first-order valence-corrected chi connectivity index (χ1v) is 6.94. The van der Waals surface area contributed by atoms with E-state index in [0.717, 1.165) is 11.5 Å². The number of amides is 1. The van der Waals surface area contributed by atoms with Gasteiger partial charge in [0.05, 0.1) is 11.3 Å². The molecule has 0 bridgehead atoms. The number of nitrogens with one attached hydrogen (secondary N) is 1. The molecule has 1 heterocycles. The zero-order valence-corrected chi connectivity index (χ0v) is 11.0. The Hall–Kier alpha value is -1.27. The molecule has 3 N–H and O–H groups in total. The molecule has 2 rings (SSSR count). The molecule has 1 unspecified atom stereocenters. The van der Waals surface area contributed by atoms with Crippen molar-refractivity contribution in [3.8, 4) is 0 Å². The number of anilines is 1. The summed E-state index contributed by atoms with van der Waals surface area (Å²) in [6.07, 6.45) is 0. The maximum atomic E-state index is 13.6. The number of nitrogens with two attached hydrogens (primary N) is 1. The molecule has 18 heavy (non-hydrogen) atoms. The molecule has 1 aromatic rings. The number of hydrazine groups is 1. The van der Waals surface area contributed by atoms with Gasteiger partial charge in [0.15, 0.2) is 0 Å². The van der Waals surface area contributed by atoms with Crippen LogP contribution in [0.2, 0.25) is 0 Å². The number of rotatable bonds is 2. The predicted molar refractivity (Wildman–Crippen MR) is 72.0 cm³/mol. The van der Waals surface area contributed by atoms with Crippen LogP contribution in [0.3, 0.4) is 0 Å². The van der Waals surface area contributed by atoms with Gasteiger partial charge in [-0.05, 0) is 19.1 Å². The van der Waals surface area contributed by atoms with Crippen LogP contribution in [-0.4, -0.2) is 34.9 Å². The monoisotopic (exact) mass is 269 g/mol. The highest BCUT2D eigenvalue weighted by Crippen LogP contribution is 2.24. The summed E-state index contributed by atoms with van der Waals surface area (Å²) in [6.45, 7) is 2.68. The van der Waals surface area contributed by atoms with Crippen molar-refractivity contribution in [2.45, 2.75) is 13.0 Å². The number of nitrogens with zero attached hydrogens (tertiary/aromatic N) is 1. The molecule has 1 aliphatic heterocycles. The van der Waals surface area contributed by atoms with Gasteiger partial charge >= 0.3 is 0 Å². The predicted octanol–water partition coefficient (Wildman–Crippen LogP) is 1.69. The molecule has 0 aromatic heterocycles. The van der Waals surface area contributed by atoms with Crippen molar-refractivity contribution in [3.05, 3.63) is 29.6 Å². The Morgan fingerprint density at radius 1 is 1.61 bits per heavy atom. The minimum atomic E-state index is -0.512. The zero-order chi connectivity index (χ0) is 13.1. The Bertz CT molecular complexity index is 455. The quantitative estimate of drug-likeness (QED) is 0.633. The summed E-state index contributed by atoms with van der Waals surface area (Å²) in [5, 5.41) is 0. The van der Waals surface area contributed by atoms with Crippen LogP contribution in [0, 0.1) is 5.82 Å². The van der Waals surface area contributed by atoms with Crippen molar-refractivity contribution in [2.24, 2.45) is 5.84 Å². The Kier molecular flexibility index (Phi) is 4.08. The van der Waals surface area contributed by atoms with Crippen LogP contribution in [0.4, 0.5) is 10.1 Å². The summed E-state index contributed by atoms with van der Waals surface area (Å²) >= 11 is 1.82. The summed E-state index contributed by atoms with van der Waals surface area (Å²) in [5.74, 6) is 6.43. The number of thioether (sulfide) groups is 1. The van der Waals surface area contributed by atoms with Gasteiger partial charge in [-0.2, -0.15) is 11.8 Å². The van der Waals surface area contributed by atoms with E-state index in [1.807, 2.05) is 18.7 Å². The molecule has 1 fully saturated rings. The summed E-state index contributed by atoms with van der Waals surface area (Å²) < 4.78 is 13.6. The lowest BCUT2D eigenvalue weighted by Gasteiger charge is -2.33. The van der Waals surface area contributed by atoms with Gasteiger partial charge in [0.2, 0.25) is 0 Å². The smallest absolute Gasteiger partial charge is 0.256 e. The van der Waals surface area contributed by atoms with E-state index in [2.05, 4.69) is 5.43 Å². The summed E-state index contributed by atoms with van der Waals surface area (Å²) in [4.78, 5) is 14.2. The Labute approximate surface area is 110 Å². The highest BCUT2D eigenvalue weighted by Gasteiger charge is 2.26. The molecule has 0 spiro atoms. The molecule has 0 aliphatic carbocycles. The van der Waals surface area contributed by atoms with Gasteiger partial charge in [-0.25, -0.2) is 4.39 Å². The van der Waals surface area contributed by atoms with Crippen molar-refractivity contribution in [3.63, 3.8) is 0 Å². The van der Waals surface area contributed by atoms with Crippen LogP contribution in [0.5, 0.6) is 0 Å². The van der Waals surface area contributed by atoms with Gasteiger partial charge in [0.1, 0.15) is 5.82 Å². The van der Waals surface area contributed by atoms with Crippen LogP contribution in [0.15, 0.2) is 18.2 Å². The molecular formula is C12H16FN3OS. The van der Waals surface area contributed by atoms with Gasteiger partial charge in [-0.3, -0.25) is 10.6 Å². The average Bonchev–Trinajstić information content (AvgIpc) is 2.38. The van der Waals surface area contributed by atoms with Crippen molar-refractivity contribution in [2.75, 3.05) is 23.5 Å². The molecule has 6 heteroatoms. The van der Waals surface area contributed by atoms with Crippen LogP contribution in [0.25, 0.3) is 0 Å². The van der Waals surface area contributed by atoms with Crippen LogP contribution >= 0.6 is 11.8 Å². The van der Waals surface area contributed by atoms with Crippen molar-refractivity contribution < 1.29 is 9.18 Å². The van der Waals surface area contributed by atoms with Gasteiger partial charge in [-0.15, -0.1) is 0 Å². The first-order chi connectivity index (χ1) is 8.65. The Morgan fingerprint density at radius 3 is 3.06 bits per heavy atom. The molecule has 1 aliphatic rings. The highest BCUT2D eigenvalue weighted by atomic mass is 32.2. The maximum absolute atomic E-state index is 13.6. The number of halogens is 1. The molecular weight excluding hydrogens is 253 g/mol. The fraction of sp³-hybridized carbons (Fsp3) is 0.417. The lowest BCUT2D eigenvalue weighted by atomic mass is 10.1. The number of carbonyl (C=O) groups is 1. The van der Waals surface area contributed by atoms with E-state index >= 15 is 0 Å². The van der Waals surface area contributed by atoms with Crippen molar-refractivity contribution in [1.29, 1.82) is 0 Å². The van der Waals surface area contributed by atoms with E-state index in [1.54, 1.807) is 11.0 Å². The van der Waals surface area contributed by atoms with Crippen LogP contribution in [0.1, 0.15) is 17.3 Å². The van der Waals surface area contributed by atoms with Crippen LogP contribution < -0.4 is 11.3 Å². The average molecular weight is 269 g/mol. The fourth-order valence-electron chi connectivity index (χ4n) is 2.03. The maximum Gasteiger partial charge on any atom is 0.256 e. The Morgan fingerprint density at radius 2 is 2.39 bits per heavy atom. The molecule has 0 radical (unpaired) electrons. The number of carbonyl (C=O) groups excluding carboxylic acids is 1. The van der Waals surface area contributed by atoms with Crippen molar-refractivity contribution >= 4 is 23.4 Å². The van der Waals surface area contributed by atoms with Gasteiger partial charge in [-0.1, -0.05) is 6.07 Å². The topological polar surface area (TPSA) is 58.4 Å². The molecule has 0 saturated carbocycles. The molecule has 1 saturated heterocycles. The second-order valence-corrected chi connectivity index (χ2v) is 5.38. The van der Waals surface area contributed by atoms with Crippen molar-refractivity contribution in [1.82, 2.24) is 4.90 Å². The fourth-order valence-corrected chi connectivity index (χ4v) is 3.05. The number of benzene rings is 1. The number of hydrogen-bond donors (Lipinski definition) is 2. The largest absolute Gasteiger partial charge is 0.334 e.